The van der Waals surface area contributed by atoms with Gasteiger partial charge in [-0.1, -0.05) is 24.3 Å². The number of carbonyl (C=O) groups is 2. The molecule has 0 aliphatic heterocycles. The van der Waals surface area contributed by atoms with Crippen molar-refractivity contribution in [1.29, 1.82) is 0 Å². The summed E-state index contributed by atoms with van der Waals surface area (Å²) < 4.78 is 9.78. The molecule has 24 heavy (non-hydrogen) atoms. The van der Waals surface area contributed by atoms with Crippen LogP contribution in [0.1, 0.15) is 36.7 Å². The van der Waals surface area contributed by atoms with E-state index in [0.29, 0.717) is 25.2 Å². The molecule has 0 saturated carbocycles. The zero-order chi connectivity index (χ0) is 18.0. The summed E-state index contributed by atoms with van der Waals surface area (Å²) in [5.74, 6) is -0.338. The number of rotatable bonds is 7. The van der Waals surface area contributed by atoms with Crippen molar-refractivity contribution in [3.8, 4) is 0 Å². The van der Waals surface area contributed by atoms with Gasteiger partial charge in [0.15, 0.2) is 0 Å². The molecule has 0 fully saturated rings. The van der Waals surface area contributed by atoms with Crippen molar-refractivity contribution in [2.75, 3.05) is 20.2 Å². The molecule has 0 radical (unpaired) electrons. The van der Waals surface area contributed by atoms with E-state index in [1.54, 1.807) is 12.1 Å². The largest absolute Gasteiger partial charge is 0.465 e. The lowest BCUT2D eigenvalue weighted by atomic mass is 10.1. The molecule has 0 aliphatic carbocycles. The second-order valence-electron chi connectivity index (χ2n) is 6.17. The molecule has 132 valence electrons. The molecular weight excluding hydrogens is 308 g/mol. The molecule has 6 nitrogen and oxygen atoms in total. The molecule has 1 aromatic rings. The van der Waals surface area contributed by atoms with E-state index in [9.17, 15) is 9.59 Å². The second-order valence-corrected chi connectivity index (χ2v) is 6.17. The Hall–Kier alpha value is -2.34. The highest BCUT2D eigenvalue weighted by Gasteiger charge is 2.14. The molecule has 0 unspecified atom stereocenters. The Kier molecular flexibility index (Phi) is 7.98. The van der Waals surface area contributed by atoms with Gasteiger partial charge in [0, 0.05) is 19.6 Å². The number of ether oxygens (including phenoxy) is 2. The van der Waals surface area contributed by atoms with E-state index in [-0.39, 0.29) is 5.97 Å². The molecule has 0 saturated heterocycles. The highest BCUT2D eigenvalue weighted by molar-refractivity contribution is 5.89. The van der Waals surface area contributed by atoms with Crippen LogP contribution in [0.2, 0.25) is 0 Å². The fraction of sp³-hybridized carbons (Fsp3) is 0.444. The predicted octanol–water partition coefficient (Wildman–Crippen LogP) is 2.64. The molecule has 0 bridgehead atoms. The first kappa shape index (κ1) is 19.7. The lowest BCUT2D eigenvalue weighted by Crippen LogP contribution is -2.32. The zero-order valence-electron chi connectivity index (χ0n) is 14.7. The molecule has 2 N–H and O–H groups in total. The average Bonchev–Trinajstić information content (AvgIpc) is 2.52. The minimum atomic E-state index is -0.487. The van der Waals surface area contributed by atoms with Crippen LogP contribution in [0.4, 0.5) is 4.79 Å². The molecule has 1 amide bonds. The van der Waals surface area contributed by atoms with E-state index >= 15 is 0 Å². The number of amides is 1. The molecule has 0 aliphatic rings. The number of alkyl carbamates (subject to hydrolysis) is 1. The molecular formula is C18H26N2O4. The Bertz CT molecular complexity index is 559. The normalized spacial score (nSPS) is 11.3. The van der Waals surface area contributed by atoms with Gasteiger partial charge in [0.25, 0.3) is 0 Å². The van der Waals surface area contributed by atoms with Crippen molar-refractivity contribution in [2.45, 2.75) is 32.9 Å². The average molecular weight is 334 g/mol. The maximum absolute atomic E-state index is 11.4. The molecule has 0 heterocycles. The van der Waals surface area contributed by atoms with Crippen LogP contribution in [-0.4, -0.2) is 37.9 Å². The first-order valence-electron chi connectivity index (χ1n) is 7.81. The maximum atomic E-state index is 11.4. The van der Waals surface area contributed by atoms with Gasteiger partial charge in [0.2, 0.25) is 0 Å². The van der Waals surface area contributed by atoms with Crippen molar-refractivity contribution in [3.05, 3.63) is 47.5 Å². The molecule has 0 spiro atoms. The minimum Gasteiger partial charge on any atom is -0.465 e. The Morgan fingerprint density at radius 2 is 1.71 bits per heavy atom. The third kappa shape index (κ3) is 8.33. The quantitative estimate of drug-likeness (QED) is 0.455. The van der Waals surface area contributed by atoms with Gasteiger partial charge in [-0.15, -0.1) is 0 Å². The van der Waals surface area contributed by atoms with Gasteiger partial charge in [-0.2, -0.15) is 0 Å². The number of methoxy groups -OCH3 is 1. The standard InChI is InChI=1S/C18H26N2O4/c1-18(2,3)24-17(22)20-12-6-5-11-19-13-14-7-9-15(10-8-14)16(21)23-4/h5-10,19H,11-13H2,1-4H3,(H,20,22)/b6-5+. The van der Waals surface area contributed by atoms with Gasteiger partial charge in [-0.3, -0.25) is 0 Å². The van der Waals surface area contributed by atoms with Gasteiger partial charge >= 0.3 is 12.1 Å². The number of carbonyl (C=O) groups excluding carboxylic acids is 2. The summed E-state index contributed by atoms with van der Waals surface area (Å²) in [6.07, 6.45) is 3.36. The minimum absolute atomic E-state index is 0.338. The lowest BCUT2D eigenvalue weighted by Gasteiger charge is -2.19. The van der Waals surface area contributed by atoms with Crippen LogP contribution in [0.15, 0.2) is 36.4 Å². The SMILES string of the molecule is COC(=O)c1ccc(CNC/C=C/CNC(=O)OC(C)(C)C)cc1. The van der Waals surface area contributed by atoms with Crippen molar-refractivity contribution in [1.82, 2.24) is 10.6 Å². The van der Waals surface area contributed by atoms with Gasteiger partial charge < -0.3 is 20.1 Å². The molecule has 6 heteroatoms. The summed E-state index contributed by atoms with van der Waals surface area (Å²) in [5.41, 5.74) is 1.12. The highest BCUT2D eigenvalue weighted by Crippen LogP contribution is 2.06. The van der Waals surface area contributed by atoms with Gasteiger partial charge in [-0.05, 0) is 38.5 Å². The molecule has 1 rings (SSSR count). The van der Waals surface area contributed by atoms with Crippen LogP contribution in [0, 0.1) is 0 Å². The summed E-state index contributed by atoms with van der Waals surface area (Å²) in [6, 6.07) is 7.24. The summed E-state index contributed by atoms with van der Waals surface area (Å²) in [4.78, 5) is 22.7. The Labute approximate surface area is 143 Å². The topological polar surface area (TPSA) is 76.7 Å². The number of hydrogen-bond acceptors (Lipinski definition) is 5. The second kappa shape index (κ2) is 9.72. The molecule has 0 aromatic heterocycles. The Balaban J connectivity index is 2.19. The third-order valence-corrected chi connectivity index (χ3v) is 2.90. The van der Waals surface area contributed by atoms with Crippen LogP contribution in [0.25, 0.3) is 0 Å². The van der Waals surface area contributed by atoms with Crippen LogP contribution in [0.5, 0.6) is 0 Å². The Morgan fingerprint density at radius 3 is 2.29 bits per heavy atom. The Morgan fingerprint density at radius 1 is 1.08 bits per heavy atom. The van der Waals surface area contributed by atoms with Crippen LogP contribution in [-0.2, 0) is 16.0 Å². The highest BCUT2D eigenvalue weighted by atomic mass is 16.6. The maximum Gasteiger partial charge on any atom is 0.407 e. The lowest BCUT2D eigenvalue weighted by molar-refractivity contribution is 0.0532. The van der Waals surface area contributed by atoms with Crippen molar-refractivity contribution < 1.29 is 19.1 Å². The van der Waals surface area contributed by atoms with E-state index in [4.69, 9.17) is 4.74 Å². The summed E-state index contributed by atoms with van der Waals surface area (Å²) in [7, 11) is 1.36. The summed E-state index contributed by atoms with van der Waals surface area (Å²) >= 11 is 0. The molecule has 1 aromatic carbocycles. The van der Waals surface area contributed by atoms with Crippen molar-refractivity contribution >= 4 is 12.1 Å². The van der Waals surface area contributed by atoms with Crippen molar-refractivity contribution in [2.24, 2.45) is 0 Å². The van der Waals surface area contributed by atoms with E-state index in [2.05, 4.69) is 15.4 Å². The molecule has 0 atom stereocenters. The number of esters is 1. The van der Waals surface area contributed by atoms with Crippen LogP contribution >= 0.6 is 0 Å². The fourth-order valence-corrected chi connectivity index (χ4v) is 1.80. The fourth-order valence-electron chi connectivity index (χ4n) is 1.80. The number of benzene rings is 1. The number of nitrogens with one attached hydrogen (secondary N) is 2. The van der Waals surface area contributed by atoms with E-state index in [1.807, 2.05) is 45.1 Å². The van der Waals surface area contributed by atoms with Crippen molar-refractivity contribution in [3.63, 3.8) is 0 Å². The van der Waals surface area contributed by atoms with Gasteiger partial charge in [-0.25, -0.2) is 9.59 Å². The smallest absolute Gasteiger partial charge is 0.407 e. The van der Waals surface area contributed by atoms with E-state index < -0.39 is 11.7 Å². The summed E-state index contributed by atoms with van der Waals surface area (Å²) in [6.45, 7) is 7.25. The number of hydrogen-bond donors (Lipinski definition) is 2. The first-order chi connectivity index (χ1) is 11.3. The van der Waals surface area contributed by atoms with Crippen LogP contribution < -0.4 is 10.6 Å². The summed E-state index contributed by atoms with van der Waals surface area (Å²) in [5, 5.41) is 5.89. The zero-order valence-corrected chi connectivity index (χ0v) is 14.7. The predicted molar refractivity (Wildman–Crippen MR) is 92.9 cm³/mol. The van der Waals surface area contributed by atoms with Crippen LogP contribution in [0.3, 0.4) is 0 Å². The van der Waals surface area contributed by atoms with E-state index in [0.717, 1.165) is 5.56 Å². The van der Waals surface area contributed by atoms with E-state index in [1.165, 1.54) is 7.11 Å². The first-order valence-corrected chi connectivity index (χ1v) is 7.81. The van der Waals surface area contributed by atoms with Gasteiger partial charge in [0.05, 0.1) is 12.7 Å². The third-order valence-electron chi connectivity index (χ3n) is 2.90. The monoisotopic (exact) mass is 334 g/mol. The van der Waals surface area contributed by atoms with Gasteiger partial charge in [0.1, 0.15) is 5.60 Å².